The van der Waals surface area contributed by atoms with Crippen LogP contribution in [-0.4, -0.2) is 24.4 Å². The summed E-state index contributed by atoms with van der Waals surface area (Å²) in [6.45, 7) is 0. The topological polar surface area (TPSA) is 98.8 Å². The Labute approximate surface area is 150 Å². The maximum absolute atomic E-state index is 13.4. The third-order valence-electron chi connectivity index (χ3n) is 3.85. The SMILES string of the molecule is O=[N+]([O-])c1c(Nc2ccc(F)c(F)c2)ncnc1-n1cnc2ccccc21. The first kappa shape index (κ1) is 16.5. The first-order valence-corrected chi connectivity index (χ1v) is 7.68. The van der Waals surface area contributed by atoms with Crippen molar-refractivity contribution in [2.75, 3.05) is 5.32 Å². The zero-order valence-corrected chi connectivity index (χ0v) is 13.5. The summed E-state index contributed by atoms with van der Waals surface area (Å²) in [4.78, 5) is 23.2. The minimum absolute atomic E-state index is 0.00576. The van der Waals surface area contributed by atoms with Crippen molar-refractivity contribution in [1.29, 1.82) is 0 Å². The zero-order valence-electron chi connectivity index (χ0n) is 13.5. The first-order valence-electron chi connectivity index (χ1n) is 7.68. The van der Waals surface area contributed by atoms with Gasteiger partial charge in [-0.25, -0.2) is 23.7 Å². The van der Waals surface area contributed by atoms with E-state index in [9.17, 15) is 18.9 Å². The van der Waals surface area contributed by atoms with E-state index in [0.29, 0.717) is 11.0 Å². The Morgan fingerprint density at radius 3 is 2.63 bits per heavy atom. The highest BCUT2D eigenvalue weighted by Crippen LogP contribution is 2.32. The average Bonchev–Trinajstić information content (AvgIpc) is 3.08. The summed E-state index contributed by atoms with van der Waals surface area (Å²) in [6, 6.07) is 10.1. The molecule has 0 spiro atoms. The van der Waals surface area contributed by atoms with Crippen LogP contribution in [0.3, 0.4) is 0 Å². The van der Waals surface area contributed by atoms with Crippen LogP contribution >= 0.6 is 0 Å². The number of anilines is 2. The molecular weight excluding hydrogens is 358 g/mol. The molecule has 0 radical (unpaired) electrons. The maximum atomic E-state index is 13.4. The second-order valence-electron chi connectivity index (χ2n) is 5.51. The fourth-order valence-electron chi connectivity index (χ4n) is 2.64. The molecule has 4 aromatic rings. The van der Waals surface area contributed by atoms with Gasteiger partial charge < -0.3 is 5.32 Å². The van der Waals surface area contributed by atoms with Crippen LogP contribution in [0.5, 0.6) is 0 Å². The van der Waals surface area contributed by atoms with Crippen LogP contribution in [0.2, 0.25) is 0 Å². The minimum atomic E-state index is -1.09. The summed E-state index contributed by atoms with van der Waals surface area (Å²) < 4.78 is 28.0. The molecule has 0 atom stereocenters. The molecule has 8 nitrogen and oxygen atoms in total. The summed E-state index contributed by atoms with van der Waals surface area (Å²) in [5.41, 5.74) is 0.945. The number of nitrogens with one attached hydrogen (secondary N) is 1. The number of imidazole rings is 1. The molecular formula is C17H10F2N6O2. The van der Waals surface area contributed by atoms with Gasteiger partial charge in [-0.15, -0.1) is 0 Å². The number of nitro groups is 1. The lowest BCUT2D eigenvalue weighted by molar-refractivity contribution is -0.384. The Bertz CT molecular complexity index is 1180. The number of nitrogens with zero attached hydrogens (tertiary/aromatic N) is 5. The molecule has 0 aliphatic rings. The van der Waals surface area contributed by atoms with Crippen LogP contribution in [-0.2, 0) is 0 Å². The van der Waals surface area contributed by atoms with Crippen LogP contribution in [0.15, 0.2) is 55.1 Å². The van der Waals surface area contributed by atoms with Crippen molar-refractivity contribution in [3.63, 3.8) is 0 Å². The number of fused-ring (bicyclic) bond motifs is 1. The molecule has 0 amide bonds. The summed E-state index contributed by atoms with van der Waals surface area (Å²) in [7, 11) is 0. The summed E-state index contributed by atoms with van der Waals surface area (Å²) in [6.07, 6.45) is 2.56. The number of hydrogen-bond acceptors (Lipinski definition) is 6. The van der Waals surface area contributed by atoms with E-state index >= 15 is 0 Å². The number of benzene rings is 2. The lowest BCUT2D eigenvalue weighted by Gasteiger charge is -2.09. The molecule has 0 fully saturated rings. The van der Waals surface area contributed by atoms with E-state index in [4.69, 9.17) is 0 Å². The van der Waals surface area contributed by atoms with Gasteiger partial charge in [-0.1, -0.05) is 12.1 Å². The van der Waals surface area contributed by atoms with Crippen molar-refractivity contribution in [1.82, 2.24) is 19.5 Å². The summed E-state index contributed by atoms with van der Waals surface area (Å²) in [5.74, 6) is -2.27. The quantitative estimate of drug-likeness (QED) is 0.435. The minimum Gasteiger partial charge on any atom is -0.334 e. The monoisotopic (exact) mass is 368 g/mol. The number of aromatic nitrogens is 4. The van der Waals surface area contributed by atoms with Crippen LogP contribution in [0, 0.1) is 21.7 Å². The van der Waals surface area contributed by atoms with E-state index in [0.717, 1.165) is 18.5 Å². The standard InChI is InChI=1S/C17H10F2N6O2/c18-11-6-5-10(7-12(11)19)23-16-15(25(26)27)17(21-8-20-16)24-9-22-13-3-1-2-4-14(13)24/h1-9H,(H,20,21,23). The summed E-state index contributed by atoms with van der Waals surface area (Å²) in [5, 5.41) is 14.3. The van der Waals surface area contributed by atoms with E-state index in [1.54, 1.807) is 24.3 Å². The second-order valence-corrected chi connectivity index (χ2v) is 5.51. The van der Waals surface area contributed by atoms with Gasteiger partial charge in [0.05, 0.1) is 16.0 Å². The van der Waals surface area contributed by atoms with Gasteiger partial charge in [0.2, 0.25) is 11.6 Å². The molecule has 0 saturated heterocycles. The maximum Gasteiger partial charge on any atom is 0.354 e. The van der Waals surface area contributed by atoms with E-state index in [2.05, 4.69) is 20.3 Å². The van der Waals surface area contributed by atoms with Gasteiger partial charge in [-0.2, -0.15) is 0 Å². The van der Waals surface area contributed by atoms with E-state index < -0.39 is 22.2 Å². The van der Waals surface area contributed by atoms with Gasteiger partial charge in [-0.3, -0.25) is 14.7 Å². The molecule has 2 heterocycles. The van der Waals surface area contributed by atoms with Crippen molar-refractivity contribution < 1.29 is 13.7 Å². The Hall–Kier alpha value is -3.95. The highest BCUT2D eigenvalue weighted by molar-refractivity contribution is 5.79. The second kappa shape index (κ2) is 6.41. The van der Waals surface area contributed by atoms with Crippen LogP contribution in [0.4, 0.5) is 26.0 Å². The number of rotatable bonds is 4. The van der Waals surface area contributed by atoms with E-state index in [-0.39, 0.29) is 17.3 Å². The molecule has 0 aliphatic heterocycles. The molecule has 0 saturated carbocycles. The Balaban J connectivity index is 1.85. The molecule has 0 aliphatic carbocycles. The van der Waals surface area contributed by atoms with E-state index in [1.165, 1.54) is 17.0 Å². The van der Waals surface area contributed by atoms with Crippen molar-refractivity contribution in [3.8, 4) is 5.82 Å². The average molecular weight is 368 g/mol. The lowest BCUT2D eigenvalue weighted by Crippen LogP contribution is -2.07. The van der Waals surface area contributed by atoms with Crippen LogP contribution in [0.1, 0.15) is 0 Å². The Morgan fingerprint density at radius 2 is 1.85 bits per heavy atom. The van der Waals surface area contributed by atoms with Gasteiger partial charge in [-0.05, 0) is 24.3 Å². The number of halogens is 2. The Morgan fingerprint density at radius 1 is 1.04 bits per heavy atom. The highest BCUT2D eigenvalue weighted by Gasteiger charge is 2.25. The number of para-hydroxylation sites is 2. The fraction of sp³-hybridized carbons (Fsp3) is 0. The Kier molecular flexibility index (Phi) is 3.92. The third kappa shape index (κ3) is 2.92. The molecule has 2 aromatic carbocycles. The fourth-order valence-corrected chi connectivity index (χ4v) is 2.64. The third-order valence-corrected chi connectivity index (χ3v) is 3.85. The predicted molar refractivity (Wildman–Crippen MR) is 93.0 cm³/mol. The molecule has 4 rings (SSSR count). The van der Waals surface area contributed by atoms with Gasteiger partial charge in [0.15, 0.2) is 11.6 Å². The highest BCUT2D eigenvalue weighted by atomic mass is 19.2. The molecule has 134 valence electrons. The first-order chi connectivity index (χ1) is 13.0. The van der Waals surface area contributed by atoms with Crippen LogP contribution in [0.25, 0.3) is 16.9 Å². The molecule has 0 bridgehead atoms. The van der Waals surface area contributed by atoms with Gasteiger partial charge in [0.25, 0.3) is 0 Å². The predicted octanol–water partition coefficient (Wildman–Crippen LogP) is 3.75. The van der Waals surface area contributed by atoms with Crippen LogP contribution < -0.4 is 5.32 Å². The largest absolute Gasteiger partial charge is 0.354 e. The summed E-state index contributed by atoms with van der Waals surface area (Å²) >= 11 is 0. The van der Waals surface area contributed by atoms with Crippen molar-refractivity contribution in [2.24, 2.45) is 0 Å². The van der Waals surface area contributed by atoms with Gasteiger partial charge >= 0.3 is 5.69 Å². The molecule has 27 heavy (non-hydrogen) atoms. The smallest absolute Gasteiger partial charge is 0.334 e. The van der Waals surface area contributed by atoms with Crippen molar-refractivity contribution in [3.05, 3.63) is 76.9 Å². The number of hydrogen-bond donors (Lipinski definition) is 1. The molecule has 0 unspecified atom stereocenters. The van der Waals surface area contributed by atoms with Gasteiger partial charge in [0.1, 0.15) is 12.7 Å². The van der Waals surface area contributed by atoms with Gasteiger partial charge in [0, 0.05) is 11.8 Å². The molecule has 1 N–H and O–H groups in total. The normalized spacial score (nSPS) is 10.9. The van der Waals surface area contributed by atoms with E-state index in [1.807, 2.05) is 0 Å². The van der Waals surface area contributed by atoms with Crippen molar-refractivity contribution >= 4 is 28.2 Å². The van der Waals surface area contributed by atoms with Crippen molar-refractivity contribution in [2.45, 2.75) is 0 Å². The zero-order chi connectivity index (χ0) is 19.0. The molecule has 2 aromatic heterocycles. The lowest BCUT2D eigenvalue weighted by atomic mass is 10.3. The molecule has 10 heteroatoms.